The third kappa shape index (κ3) is 3.23. The summed E-state index contributed by atoms with van der Waals surface area (Å²) >= 11 is 5.25. The minimum Gasteiger partial charge on any atom is -0.397 e. The van der Waals surface area contributed by atoms with Gasteiger partial charge in [-0.05, 0) is 53.0 Å². The van der Waals surface area contributed by atoms with Gasteiger partial charge in [0.25, 0.3) is 0 Å². The summed E-state index contributed by atoms with van der Waals surface area (Å²) in [4.78, 5) is 1.37. The maximum atomic E-state index is 5.94. The molecular weight excluding hydrogens is 296 g/mol. The van der Waals surface area contributed by atoms with E-state index < -0.39 is 0 Å². The Morgan fingerprint density at radius 2 is 2.12 bits per heavy atom. The monoisotopic (exact) mass is 310 g/mol. The van der Waals surface area contributed by atoms with Crippen molar-refractivity contribution in [3.05, 3.63) is 44.6 Å². The number of aryl methyl sites for hydroxylation is 1. The van der Waals surface area contributed by atoms with Gasteiger partial charge in [0.2, 0.25) is 0 Å². The number of hydrogen-bond acceptors (Lipinski definition) is 3. The number of nitrogens with one attached hydrogen (secondary N) is 1. The van der Waals surface area contributed by atoms with Crippen LogP contribution in [0.5, 0.6) is 0 Å². The summed E-state index contributed by atoms with van der Waals surface area (Å²) in [6.45, 7) is 2.97. The molecule has 2 nitrogen and oxygen atoms in total. The molecule has 2 rings (SSSR count). The summed E-state index contributed by atoms with van der Waals surface area (Å²) < 4.78 is 1.18. The summed E-state index contributed by atoms with van der Waals surface area (Å²) in [6, 6.07) is 10.2. The van der Waals surface area contributed by atoms with Gasteiger partial charge in [0.15, 0.2) is 0 Å². The fourth-order valence-corrected chi connectivity index (χ4v) is 3.21. The van der Waals surface area contributed by atoms with Crippen LogP contribution in [0.1, 0.15) is 10.4 Å². The quantitative estimate of drug-likeness (QED) is 0.836. The van der Waals surface area contributed by atoms with Gasteiger partial charge in [-0.2, -0.15) is 0 Å². The first-order chi connectivity index (χ1) is 8.16. The van der Waals surface area contributed by atoms with Crippen LogP contribution in [0.2, 0.25) is 0 Å². The maximum absolute atomic E-state index is 5.94. The van der Waals surface area contributed by atoms with Crippen molar-refractivity contribution in [2.45, 2.75) is 13.3 Å². The number of para-hydroxylation sites is 1. The maximum Gasteiger partial charge on any atom is 0.0701 e. The Kier molecular flexibility index (Phi) is 4.07. The van der Waals surface area contributed by atoms with E-state index in [2.05, 4.69) is 46.4 Å². The zero-order valence-electron chi connectivity index (χ0n) is 9.66. The van der Waals surface area contributed by atoms with Crippen LogP contribution in [0.25, 0.3) is 0 Å². The average Bonchev–Trinajstić information content (AvgIpc) is 2.69. The molecule has 0 bridgehead atoms. The Bertz CT molecular complexity index is 488. The molecule has 17 heavy (non-hydrogen) atoms. The highest BCUT2D eigenvalue weighted by Crippen LogP contribution is 2.24. The molecule has 0 unspecified atom stereocenters. The van der Waals surface area contributed by atoms with Crippen LogP contribution in [-0.4, -0.2) is 6.54 Å². The highest BCUT2D eigenvalue weighted by atomic mass is 79.9. The SMILES string of the molecule is Cc1cccc(N)c1NCCc1ccc(Br)s1. The van der Waals surface area contributed by atoms with E-state index in [0.717, 1.165) is 24.3 Å². The number of anilines is 2. The van der Waals surface area contributed by atoms with E-state index in [-0.39, 0.29) is 0 Å². The van der Waals surface area contributed by atoms with Crippen molar-refractivity contribution < 1.29 is 0 Å². The first kappa shape index (κ1) is 12.5. The van der Waals surface area contributed by atoms with Crippen molar-refractivity contribution in [3.63, 3.8) is 0 Å². The molecule has 0 spiro atoms. The molecule has 0 amide bonds. The van der Waals surface area contributed by atoms with E-state index >= 15 is 0 Å². The Balaban J connectivity index is 1.94. The Morgan fingerprint density at radius 1 is 1.29 bits per heavy atom. The minimum atomic E-state index is 0.817. The molecule has 0 aliphatic heterocycles. The molecule has 0 atom stereocenters. The van der Waals surface area contributed by atoms with Crippen LogP contribution in [-0.2, 0) is 6.42 Å². The summed E-state index contributed by atoms with van der Waals surface area (Å²) in [7, 11) is 0. The molecule has 0 saturated carbocycles. The fraction of sp³-hybridized carbons (Fsp3) is 0.231. The van der Waals surface area contributed by atoms with Crippen LogP contribution in [0.3, 0.4) is 0 Å². The first-order valence-electron chi connectivity index (χ1n) is 5.50. The van der Waals surface area contributed by atoms with Crippen molar-refractivity contribution in [2.75, 3.05) is 17.6 Å². The number of benzene rings is 1. The third-order valence-corrected chi connectivity index (χ3v) is 4.29. The molecular formula is C13H15BrN2S. The predicted octanol–water partition coefficient (Wildman–Crippen LogP) is 4.06. The molecule has 0 aliphatic carbocycles. The van der Waals surface area contributed by atoms with Crippen molar-refractivity contribution in [1.82, 2.24) is 0 Å². The first-order valence-corrected chi connectivity index (χ1v) is 7.11. The fourth-order valence-electron chi connectivity index (χ4n) is 1.73. The molecule has 0 fully saturated rings. The van der Waals surface area contributed by atoms with Gasteiger partial charge >= 0.3 is 0 Å². The lowest BCUT2D eigenvalue weighted by Gasteiger charge is -2.11. The minimum absolute atomic E-state index is 0.817. The van der Waals surface area contributed by atoms with E-state index in [0.29, 0.717) is 0 Å². The van der Waals surface area contributed by atoms with Gasteiger partial charge in [-0.1, -0.05) is 12.1 Å². The lowest BCUT2D eigenvalue weighted by atomic mass is 10.1. The van der Waals surface area contributed by atoms with E-state index in [1.54, 1.807) is 11.3 Å². The molecule has 1 aromatic carbocycles. The molecule has 1 heterocycles. The number of nitrogen functional groups attached to an aromatic ring is 1. The lowest BCUT2D eigenvalue weighted by molar-refractivity contribution is 1.04. The molecule has 3 N–H and O–H groups in total. The summed E-state index contributed by atoms with van der Waals surface area (Å²) in [6.07, 6.45) is 1.02. The smallest absolute Gasteiger partial charge is 0.0701 e. The Labute approximate surface area is 114 Å². The number of thiophene rings is 1. The molecule has 0 saturated heterocycles. The zero-order chi connectivity index (χ0) is 12.3. The predicted molar refractivity (Wildman–Crippen MR) is 79.8 cm³/mol. The summed E-state index contributed by atoms with van der Waals surface area (Å²) in [5.74, 6) is 0. The number of nitrogens with two attached hydrogens (primary N) is 1. The number of halogens is 1. The summed E-state index contributed by atoms with van der Waals surface area (Å²) in [5.41, 5.74) is 9.01. The van der Waals surface area contributed by atoms with Crippen molar-refractivity contribution in [1.29, 1.82) is 0 Å². The number of hydrogen-bond donors (Lipinski definition) is 2. The van der Waals surface area contributed by atoms with Crippen molar-refractivity contribution in [3.8, 4) is 0 Å². The van der Waals surface area contributed by atoms with E-state index in [9.17, 15) is 0 Å². The van der Waals surface area contributed by atoms with Gasteiger partial charge in [-0.3, -0.25) is 0 Å². The largest absolute Gasteiger partial charge is 0.397 e. The van der Waals surface area contributed by atoms with Gasteiger partial charge in [-0.25, -0.2) is 0 Å². The van der Waals surface area contributed by atoms with Gasteiger partial charge in [-0.15, -0.1) is 11.3 Å². The second-order valence-corrected chi connectivity index (χ2v) is 6.47. The van der Waals surface area contributed by atoms with Gasteiger partial charge in [0, 0.05) is 11.4 Å². The lowest BCUT2D eigenvalue weighted by Crippen LogP contribution is -2.07. The highest BCUT2D eigenvalue weighted by molar-refractivity contribution is 9.11. The van der Waals surface area contributed by atoms with Gasteiger partial charge in [0.1, 0.15) is 0 Å². The highest BCUT2D eigenvalue weighted by Gasteiger charge is 2.02. The van der Waals surface area contributed by atoms with Crippen LogP contribution in [0, 0.1) is 6.92 Å². The standard InChI is InChI=1S/C13H15BrN2S/c1-9-3-2-4-11(15)13(9)16-8-7-10-5-6-12(14)17-10/h2-6,16H,7-8,15H2,1H3. The number of rotatable bonds is 4. The Morgan fingerprint density at radius 3 is 2.76 bits per heavy atom. The molecule has 1 aromatic heterocycles. The van der Waals surface area contributed by atoms with Gasteiger partial charge < -0.3 is 11.1 Å². The summed E-state index contributed by atoms with van der Waals surface area (Å²) in [5, 5.41) is 3.41. The molecule has 2 aromatic rings. The normalized spacial score (nSPS) is 10.5. The second-order valence-electron chi connectivity index (χ2n) is 3.92. The van der Waals surface area contributed by atoms with Crippen LogP contribution >= 0.6 is 27.3 Å². The molecule has 90 valence electrons. The molecule has 4 heteroatoms. The van der Waals surface area contributed by atoms with E-state index in [1.165, 1.54) is 14.2 Å². The van der Waals surface area contributed by atoms with E-state index in [4.69, 9.17) is 5.73 Å². The third-order valence-electron chi connectivity index (χ3n) is 2.61. The Hall–Kier alpha value is -1.000. The average molecular weight is 311 g/mol. The second kappa shape index (κ2) is 5.56. The van der Waals surface area contributed by atoms with Crippen LogP contribution < -0.4 is 11.1 Å². The van der Waals surface area contributed by atoms with E-state index in [1.807, 2.05) is 12.1 Å². The molecule has 0 radical (unpaired) electrons. The van der Waals surface area contributed by atoms with Crippen LogP contribution in [0.4, 0.5) is 11.4 Å². The van der Waals surface area contributed by atoms with Crippen molar-refractivity contribution in [2.24, 2.45) is 0 Å². The van der Waals surface area contributed by atoms with Gasteiger partial charge in [0.05, 0.1) is 15.2 Å². The zero-order valence-corrected chi connectivity index (χ0v) is 12.1. The molecule has 0 aliphatic rings. The van der Waals surface area contributed by atoms with Crippen LogP contribution in [0.15, 0.2) is 34.1 Å². The topological polar surface area (TPSA) is 38.0 Å². The van der Waals surface area contributed by atoms with Crippen molar-refractivity contribution >= 4 is 38.6 Å².